The maximum Gasteiger partial charge on any atom is 0.332 e. The largest absolute Gasteiger partial charge is 0.479 e. The topological polar surface area (TPSA) is 327 Å². The van der Waals surface area contributed by atoms with E-state index in [1.807, 2.05) is 20.8 Å². The number of carboxylic acid groups (broad SMARTS) is 1. The molecular formula is C49H88O21. The monoisotopic (exact) mass is 1010 g/mol. The lowest BCUT2D eigenvalue weighted by Gasteiger charge is -2.46. The zero-order valence-electron chi connectivity index (χ0n) is 41.8. The predicted molar refractivity (Wildman–Crippen MR) is 248 cm³/mol. The molecule has 3 aliphatic rings. The second-order valence-corrected chi connectivity index (χ2v) is 19.7. The highest BCUT2D eigenvalue weighted by Gasteiger charge is 2.52. The van der Waals surface area contributed by atoms with Gasteiger partial charge in [-0.1, -0.05) is 111 Å². The zero-order chi connectivity index (χ0) is 51.8. The van der Waals surface area contributed by atoms with Crippen molar-refractivity contribution in [3.63, 3.8) is 0 Å². The van der Waals surface area contributed by atoms with Crippen LogP contribution in [-0.2, 0) is 52.3 Å². The minimum absolute atomic E-state index is 0.0270. The number of carboxylic acids is 1. The second kappa shape index (κ2) is 33.6. The quantitative estimate of drug-likeness (QED) is 0.0321. The minimum Gasteiger partial charge on any atom is -0.479 e. The number of hydrogen-bond donors (Lipinski definition) is 10. The number of rotatable bonds is 35. The Bertz CT molecular complexity index is 1440. The van der Waals surface area contributed by atoms with Gasteiger partial charge in [0, 0.05) is 13.3 Å². The van der Waals surface area contributed by atoms with Crippen LogP contribution in [0.25, 0.3) is 0 Å². The summed E-state index contributed by atoms with van der Waals surface area (Å²) >= 11 is 0. The molecule has 21 heteroatoms. The number of carbonyl (C=O) groups excluding carboxylic acids is 2. The van der Waals surface area contributed by atoms with Crippen molar-refractivity contribution < 1.29 is 103 Å². The van der Waals surface area contributed by atoms with E-state index in [1.54, 1.807) is 0 Å². The number of esters is 2. The molecule has 0 aromatic heterocycles. The molecule has 0 amide bonds. The van der Waals surface area contributed by atoms with Crippen molar-refractivity contribution in [3.05, 3.63) is 0 Å². The lowest BCUT2D eigenvalue weighted by Crippen LogP contribution is -2.65. The van der Waals surface area contributed by atoms with Crippen LogP contribution < -0.4 is 0 Å². The van der Waals surface area contributed by atoms with Gasteiger partial charge in [-0.25, -0.2) is 4.79 Å². The molecule has 3 fully saturated rings. The van der Waals surface area contributed by atoms with Crippen molar-refractivity contribution in [1.82, 2.24) is 0 Å². The average Bonchev–Trinajstić information content (AvgIpc) is 3.31. The number of carbonyl (C=O) groups is 3. The summed E-state index contributed by atoms with van der Waals surface area (Å²) in [6, 6.07) is 0. The van der Waals surface area contributed by atoms with Crippen molar-refractivity contribution in [2.24, 2.45) is 5.92 Å². The molecule has 70 heavy (non-hydrogen) atoms. The standard InChI is InChI=1S/C49H88O21/c1-5-6-20-31(21-19-24-33(52)32(51)22-17-15-13-11-9-7-8-10-12-14-16-18-23-34(53)46(61)62)67-48-44(39(56)35(54)26-64-48)70-49-45(41(58)37(28-65-49)66-30(4)50)69-47-43(60)42(59)40(57)36(68-47)27-63-38(55)25-29(2)3/h29,31-37,39-45,47-49,51-54,56-60H,5-28H2,1-4H3,(H,61,62)/t31-,32+,33+,34+,35+,36+,37+,39-,40+,41-,42-,43+,44+,45+,47-,48?,49-/m1/s1. The first kappa shape index (κ1) is 62.1. The number of unbranched alkanes of at least 4 members (excludes halogenated alkanes) is 12. The molecule has 0 spiro atoms. The van der Waals surface area contributed by atoms with Gasteiger partial charge in [0.15, 0.2) is 31.1 Å². The highest BCUT2D eigenvalue weighted by atomic mass is 16.8. The number of aliphatic carboxylic acids is 1. The predicted octanol–water partition coefficient (Wildman–Crippen LogP) is 2.26. The van der Waals surface area contributed by atoms with E-state index < -0.39 is 135 Å². The third-order valence-corrected chi connectivity index (χ3v) is 13.1. The molecule has 3 heterocycles. The Morgan fingerprint density at radius 1 is 0.600 bits per heavy atom. The molecule has 0 radical (unpaired) electrons. The highest BCUT2D eigenvalue weighted by Crippen LogP contribution is 2.33. The molecular weight excluding hydrogens is 925 g/mol. The molecule has 10 N–H and O–H groups in total. The molecule has 3 rings (SSSR count). The second-order valence-electron chi connectivity index (χ2n) is 19.7. The molecule has 3 saturated heterocycles. The molecule has 3 aliphatic heterocycles. The average molecular weight is 1010 g/mol. The molecule has 0 saturated carbocycles. The van der Waals surface area contributed by atoms with E-state index in [0.29, 0.717) is 38.5 Å². The van der Waals surface area contributed by atoms with E-state index in [0.717, 1.165) is 96.8 Å². The van der Waals surface area contributed by atoms with Crippen LogP contribution in [0, 0.1) is 5.92 Å². The van der Waals surface area contributed by atoms with Crippen LogP contribution in [0.1, 0.15) is 163 Å². The van der Waals surface area contributed by atoms with Gasteiger partial charge in [0.2, 0.25) is 0 Å². The van der Waals surface area contributed by atoms with Crippen LogP contribution in [0.5, 0.6) is 0 Å². The maximum atomic E-state index is 12.3. The van der Waals surface area contributed by atoms with Gasteiger partial charge in [-0.3, -0.25) is 9.59 Å². The van der Waals surface area contributed by atoms with Crippen LogP contribution >= 0.6 is 0 Å². The normalized spacial score (nSPS) is 31.2. The molecule has 0 aliphatic carbocycles. The van der Waals surface area contributed by atoms with E-state index >= 15 is 0 Å². The summed E-state index contributed by atoms with van der Waals surface area (Å²) in [7, 11) is 0. The van der Waals surface area contributed by atoms with Gasteiger partial charge in [-0.15, -0.1) is 0 Å². The fraction of sp³-hybridized carbons (Fsp3) is 0.939. The van der Waals surface area contributed by atoms with Crippen LogP contribution in [0.4, 0.5) is 0 Å². The Kier molecular flexibility index (Phi) is 29.8. The fourth-order valence-corrected chi connectivity index (χ4v) is 8.83. The summed E-state index contributed by atoms with van der Waals surface area (Å²) in [5.74, 6) is -2.54. The third kappa shape index (κ3) is 22.1. The fourth-order valence-electron chi connectivity index (χ4n) is 8.83. The van der Waals surface area contributed by atoms with Gasteiger partial charge in [0.25, 0.3) is 0 Å². The molecule has 17 atom stereocenters. The maximum absolute atomic E-state index is 12.3. The Morgan fingerprint density at radius 3 is 1.70 bits per heavy atom. The first-order chi connectivity index (χ1) is 33.3. The summed E-state index contributed by atoms with van der Waals surface area (Å²) in [6.07, 6.45) is -7.89. The molecule has 0 bridgehead atoms. The van der Waals surface area contributed by atoms with Crippen LogP contribution in [0.3, 0.4) is 0 Å². The third-order valence-electron chi connectivity index (χ3n) is 13.1. The van der Waals surface area contributed by atoms with Crippen molar-refractivity contribution in [2.75, 3.05) is 19.8 Å². The summed E-state index contributed by atoms with van der Waals surface area (Å²) in [5, 5.41) is 105. The van der Waals surface area contributed by atoms with Crippen LogP contribution in [0.15, 0.2) is 0 Å². The van der Waals surface area contributed by atoms with Gasteiger partial charge >= 0.3 is 17.9 Å². The zero-order valence-corrected chi connectivity index (χ0v) is 41.8. The first-order valence-electron chi connectivity index (χ1n) is 25.9. The van der Waals surface area contributed by atoms with Gasteiger partial charge in [-0.05, 0) is 44.4 Å². The lowest BCUT2D eigenvalue weighted by molar-refractivity contribution is -0.380. The Morgan fingerprint density at radius 2 is 1.13 bits per heavy atom. The van der Waals surface area contributed by atoms with E-state index in [-0.39, 0.29) is 18.9 Å². The number of hydrogen-bond acceptors (Lipinski definition) is 20. The molecule has 410 valence electrons. The first-order valence-corrected chi connectivity index (χ1v) is 25.9. The summed E-state index contributed by atoms with van der Waals surface area (Å²) < 4.78 is 46.6. The van der Waals surface area contributed by atoms with Crippen molar-refractivity contribution in [1.29, 1.82) is 0 Å². The van der Waals surface area contributed by atoms with Crippen molar-refractivity contribution in [2.45, 2.75) is 267 Å². The van der Waals surface area contributed by atoms with E-state index in [4.69, 9.17) is 43.0 Å². The van der Waals surface area contributed by atoms with Crippen molar-refractivity contribution >= 4 is 17.9 Å². The Labute approximate surface area is 413 Å². The van der Waals surface area contributed by atoms with Gasteiger partial charge < -0.3 is 89.0 Å². The summed E-state index contributed by atoms with van der Waals surface area (Å²) in [5.41, 5.74) is 0. The molecule has 1 unspecified atom stereocenters. The molecule has 0 aromatic carbocycles. The lowest BCUT2D eigenvalue weighted by atomic mass is 9.98. The van der Waals surface area contributed by atoms with E-state index in [9.17, 15) is 60.3 Å². The smallest absolute Gasteiger partial charge is 0.332 e. The minimum atomic E-state index is -1.91. The highest BCUT2D eigenvalue weighted by molar-refractivity contribution is 5.71. The van der Waals surface area contributed by atoms with Gasteiger partial charge in [0.05, 0.1) is 31.5 Å². The molecule has 0 aromatic rings. The van der Waals surface area contributed by atoms with E-state index in [1.165, 1.54) is 0 Å². The number of ether oxygens (including phenoxy) is 8. The molecule has 21 nitrogen and oxygen atoms in total. The Hall–Kier alpha value is -2.19. The van der Waals surface area contributed by atoms with E-state index in [2.05, 4.69) is 0 Å². The summed E-state index contributed by atoms with van der Waals surface area (Å²) in [4.78, 5) is 34.9. The van der Waals surface area contributed by atoms with Gasteiger partial charge in [-0.2, -0.15) is 0 Å². The number of aliphatic hydroxyl groups is 9. The Balaban J connectivity index is 1.53. The SMILES string of the molecule is CCCC[C@H](CCC[C@H](O)[C@@H](O)CCCCCCCCCCCCCC[C@H](O)C(=O)O)OC1OC[C@H](O)[C@@H](O)[C@@H]1O[C@H]1OC[C@H](OC(C)=O)[C@@H](O)[C@@H]1O[C@H]1O[C@@H](COC(=O)CC(C)C)[C@H](O)[C@@H](O)[C@@H]1O. The summed E-state index contributed by atoms with van der Waals surface area (Å²) in [6.45, 7) is 5.49. The van der Waals surface area contributed by atoms with Gasteiger partial charge in [0.1, 0.15) is 61.5 Å². The van der Waals surface area contributed by atoms with Crippen molar-refractivity contribution in [3.8, 4) is 0 Å². The van der Waals surface area contributed by atoms with Crippen LogP contribution in [-0.4, -0.2) is 193 Å². The number of aliphatic hydroxyl groups excluding tert-OH is 9. The van der Waals surface area contributed by atoms with Crippen LogP contribution in [0.2, 0.25) is 0 Å².